The van der Waals surface area contributed by atoms with E-state index < -0.39 is 0 Å². The number of nitrogen functional groups attached to an aromatic ring is 1. The average molecular weight is 277 g/mol. The van der Waals surface area contributed by atoms with Crippen LogP contribution in [0.4, 0.5) is 0 Å². The monoisotopic (exact) mass is 277 g/mol. The maximum Gasteiger partial charge on any atom is 0.191 e. The van der Waals surface area contributed by atoms with E-state index in [2.05, 4.69) is 10.2 Å². The van der Waals surface area contributed by atoms with Gasteiger partial charge in [0.2, 0.25) is 0 Å². The highest BCUT2D eigenvalue weighted by Gasteiger charge is 2.08. The van der Waals surface area contributed by atoms with E-state index in [0.717, 1.165) is 16.5 Å². The third-order valence-corrected chi connectivity index (χ3v) is 3.70. The van der Waals surface area contributed by atoms with Crippen LogP contribution in [0.1, 0.15) is 11.1 Å². The molecule has 0 amide bonds. The van der Waals surface area contributed by atoms with Crippen LogP contribution in [0.5, 0.6) is 5.75 Å². The second-order valence-electron chi connectivity index (χ2n) is 3.96. The SMILES string of the molecule is COc1cc(CSc2nncn2C)ccc1C(=N)N. The van der Waals surface area contributed by atoms with Crippen molar-refractivity contribution in [2.24, 2.45) is 12.8 Å². The molecule has 1 aromatic carbocycles. The summed E-state index contributed by atoms with van der Waals surface area (Å²) in [7, 11) is 3.48. The lowest BCUT2D eigenvalue weighted by Crippen LogP contribution is -2.12. The zero-order valence-corrected chi connectivity index (χ0v) is 11.6. The number of rotatable bonds is 5. The van der Waals surface area contributed by atoms with Crippen molar-refractivity contribution in [1.29, 1.82) is 5.41 Å². The zero-order chi connectivity index (χ0) is 13.8. The van der Waals surface area contributed by atoms with Gasteiger partial charge in [0.05, 0.1) is 12.7 Å². The van der Waals surface area contributed by atoms with Crippen LogP contribution < -0.4 is 10.5 Å². The van der Waals surface area contributed by atoms with Crippen LogP contribution in [0, 0.1) is 5.41 Å². The number of nitrogens with two attached hydrogens (primary N) is 1. The van der Waals surface area contributed by atoms with Gasteiger partial charge >= 0.3 is 0 Å². The van der Waals surface area contributed by atoms with Gasteiger partial charge in [-0.15, -0.1) is 10.2 Å². The van der Waals surface area contributed by atoms with Crippen molar-refractivity contribution in [3.8, 4) is 5.75 Å². The molecule has 0 bridgehead atoms. The molecule has 100 valence electrons. The third kappa shape index (κ3) is 3.05. The lowest BCUT2D eigenvalue weighted by molar-refractivity contribution is 0.413. The van der Waals surface area contributed by atoms with E-state index in [1.54, 1.807) is 31.3 Å². The number of nitrogens with zero attached hydrogens (tertiary/aromatic N) is 3. The summed E-state index contributed by atoms with van der Waals surface area (Å²) in [5.41, 5.74) is 7.17. The molecule has 6 nitrogen and oxygen atoms in total. The van der Waals surface area contributed by atoms with Crippen LogP contribution in [-0.2, 0) is 12.8 Å². The van der Waals surface area contributed by atoms with E-state index in [4.69, 9.17) is 15.9 Å². The van der Waals surface area contributed by atoms with Crippen LogP contribution in [-0.4, -0.2) is 27.7 Å². The minimum Gasteiger partial charge on any atom is -0.496 e. The van der Waals surface area contributed by atoms with Crippen molar-refractivity contribution < 1.29 is 4.74 Å². The fourth-order valence-corrected chi connectivity index (χ4v) is 2.43. The van der Waals surface area contributed by atoms with Gasteiger partial charge in [-0.1, -0.05) is 17.8 Å². The van der Waals surface area contributed by atoms with Crippen molar-refractivity contribution in [2.75, 3.05) is 7.11 Å². The van der Waals surface area contributed by atoms with Gasteiger partial charge in [0, 0.05) is 12.8 Å². The molecule has 1 heterocycles. The topological polar surface area (TPSA) is 89.8 Å². The fraction of sp³-hybridized carbons (Fsp3) is 0.250. The van der Waals surface area contributed by atoms with E-state index in [1.165, 1.54) is 0 Å². The summed E-state index contributed by atoms with van der Waals surface area (Å²) in [6.45, 7) is 0. The van der Waals surface area contributed by atoms with Gasteiger partial charge in [-0.25, -0.2) is 0 Å². The smallest absolute Gasteiger partial charge is 0.191 e. The van der Waals surface area contributed by atoms with Crippen molar-refractivity contribution in [1.82, 2.24) is 14.8 Å². The van der Waals surface area contributed by atoms with Crippen LogP contribution >= 0.6 is 11.8 Å². The molecule has 0 saturated carbocycles. The normalized spacial score (nSPS) is 10.4. The molecule has 2 aromatic rings. The molecule has 0 fully saturated rings. The molecule has 0 aliphatic carbocycles. The summed E-state index contributed by atoms with van der Waals surface area (Å²) in [6.07, 6.45) is 1.67. The van der Waals surface area contributed by atoms with E-state index in [-0.39, 0.29) is 5.84 Å². The summed E-state index contributed by atoms with van der Waals surface area (Å²) in [5.74, 6) is 1.37. The maximum absolute atomic E-state index is 7.46. The number of amidine groups is 1. The second-order valence-corrected chi connectivity index (χ2v) is 4.90. The van der Waals surface area contributed by atoms with Crippen molar-refractivity contribution in [2.45, 2.75) is 10.9 Å². The average Bonchev–Trinajstić information content (AvgIpc) is 2.81. The first-order valence-corrected chi connectivity index (χ1v) is 6.58. The van der Waals surface area contributed by atoms with Crippen LogP contribution in [0.15, 0.2) is 29.7 Å². The number of benzene rings is 1. The fourth-order valence-electron chi connectivity index (χ4n) is 1.60. The van der Waals surface area contributed by atoms with Gasteiger partial charge in [-0.2, -0.15) is 0 Å². The largest absolute Gasteiger partial charge is 0.496 e. The third-order valence-electron chi connectivity index (χ3n) is 2.59. The highest BCUT2D eigenvalue weighted by Crippen LogP contribution is 2.25. The Morgan fingerprint density at radius 3 is 2.89 bits per heavy atom. The molecule has 0 saturated heterocycles. The molecule has 2 rings (SSSR count). The Balaban J connectivity index is 2.13. The van der Waals surface area contributed by atoms with Gasteiger partial charge in [-0.05, 0) is 17.7 Å². The Bertz CT molecular complexity index is 596. The van der Waals surface area contributed by atoms with Crippen molar-refractivity contribution in [3.63, 3.8) is 0 Å². The highest BCUT2D eigenvalue weighted by molar-refractivity contribution is 7.98. The van der Waals surface area contributed by atoms with Crippen LogP contribution in [0.25, 0.3) is 0 Å². The Kier molecular flexibility index (Phi) is 4.06. The summed E-state index contributed by atoms with van der Waals surface area (Å²) in [5, 5.41) is 16.2. The Morgan fingerprint density at radius 2 is 2.32 bits per heavy atom. The number of thioether (sulfide) groups is 1. The molecule has 1 aromatic heterocycles. The predicted molar refractivity (Wildman–Crippen MR) is 74.6 cm³/mol. The van der Waals surface area contributed by atoms with E-state index in [0.29, 0.717) is 11.3 Å². The lowest BCUT2D eigenvalue weighted by atomic mass is 10.1. The van der Waals surface area contributed by atoms with Gasteiger partial charge in [0.1, 0.15) is 17.9 Å². The molecule has 7 heteroatoms. The molecule has 0 radical (unpaired) electrons. The summed E-state index contributed by atoms with van der Waals surface area (Å²) < 4.78 is 7.11. The Labute approximate surface area is 115 Å². The predicted octanol–water partition coefficient (Wildman–Crippen LogP) is 1.40. The maximum atomic E-state index is 7.46. The van der Waals surface area contributed by atoms with E-state index in [1.807, 2.05) is 23.7 Å². The van der Waals surface area contributed by atoms with E-state index >= 15 is 0 Å². The van der Waals surface area contributed by atoms with Crippen LogP contribution in [0.2, 0.25) is 0 Å². The van der Waals surface area contributed by atoms with Crippen molar-refractivity contribution in [3.05, 3.63) is 35.7 Å². The van der Waals surface area contributed by atoms with Gasteiger partial charge < -0.3 is 15.0 Å². The standard InChI is InChI=1S/C12H15N5OS/c1-17-7-15-16-12(17)19-6-8-3-4-9(11(13)14)10(5-8)18-2/h3-5,7H,6H2,1-2H3,(H3,13,14). The number of ether oxygens (including phenoxy) is 1. The first kappa shape index (κ1) is 13.4. The summed E-state index contributed by atoms with van der Waals surface area (Å²) in [4.78, 5) is 0. The zero-order valence-electron chi connectivity index (χ0n) is 10.8. The molecule has 0 unspecified atom stereocenters. The number of methoxy groups -OCH3 is 1. The lowest BCUT2D eigenvalue weighted by Gasteiger charge is -2.09. The number of aryl methyl sites for hydroxylation is 1. The molecule has 0 aliphatic rings. The van der Waals surface area contributed by atoms with Gasteiger partial charge in [-0.3, -0.25) is 5.41 Å². The number of aromatic nitrogens is 3. The minimum atomic E-state index is 0.00403. The number of hydrogen-bond acceptors (Lipinski definition) is 5. The molecule has 0 aliphatic heterocycles. The number of hydrogen-bond donors (Lipinski definition) is 2. The molecular weight excluding hydrogens is 262 g/mol. The highest BCUT2D eigenvalue weighted by atomic mass is 32.2. The van der Waals surface area contributed by atoms with E-state index in [9.17, 15) is 0 Å². The van der Waals surface area contributed by atoms with Gasteiger partial charge in [0.25, 0.3) is 0 Å². The molecule has 3 N–H and O–H groups in total. The minimum absolute atomic E-state index is 0.00403. The second kappa shape index (κ2) is 5.75. The summed E-state index contributed by atoms with van der Waals surface area (Å²) in [6, 6.07) is 5.62. The molecule has 0 atom stereocenters. The first-order chi connectivity index (χ1) is 9.11. The quantitative estimate of drug-likeness (QED) is 0.490. The molecular formula is C12H15N5OS. The molecule has 0 spiro atoms. The van der Waals surface area contributed by atoms with Crippen LogP contribution in [0.3, 0.4) is 0 Å². The number of nitrogens with one attached hydrogen (secondary N) is 1. The Hall–Kier alpha value is -2.02. The first-order valence-electron chi connectivity index (χ1n) is 5.60. The van der Waals surface area contributed by atoms with Crippen molar-refractivity contribution >= 4 is 17.6 Å². The summed E-state index contributed by atoms with van der Waals surface area (Å²) >= 11 is 1.59. The van der Waals surface area contributed by atoms with Gasteiger partial charge in [0.15, 0.2) is 5.16 Å². The molecule has 19 heavy (non-hydrogen) atoms. The Morgan fingerprint density at radius 1 is 1.53 bits per heavy atom.